The minimum Gasteiger partial charge on any atom is -0.260 e. The first-order chi connectivity index (χ1) is 5.17. The van der Waals surface area contributed by atoms with Gasteiger partial charge in [0.05, 0.1) is 17.2 Å². The molecule has 2 nitrogen and oxygen atoms in total. The first-order valence-corrected chi connectivity index (χ1v) is 3.40. The van der Waals surface area contributed by atoms with Crippen molar-refractivity contribution in [1.82, 2.24) is 4.98 Å². The third kappa shape index (κ3) is 1.56. The van der Waals surface area contributed by atoms with E-state index >= 15 is 0 Å². The van der Waals surface area contributed by atoms with Crippen molar-refractivity contribution in [3.05, 3.63) is 30.1 Å². The highest BCUT2D eigenvalue weighted by atomic mass is 14.7. The summed E-state index contributed by atoms with van der Waals surface area (Å²) in [5.74, 6) is 0. The highest BCUT2D eigenvalue weighted by Gasteiger charge is 2.20. The first kappa shape index (κ1) is 7.74. The summed E-state index contributed by atoms with van der Waals surface area (Å²) >= 11 is 0. The molecule has 0 aliphatic rings. The summed E-state index contributed by atoms with van der Waals surface area (Å²) in [6, 6.07) is 8.52. The molecule has 0 N–H and O–H groups in total. The summed E-state index contributed by atoms with van der Waals surface area (Å²) < 4.78 is 0. The first-order valence-electron chi connectivity index (χ1n) is 3.40. The van der Waals surface area contributed by atoms with Gasteiger partial charge in [-0.2, -0.15) is 5.26 Å². The van der Waals surface area contributed by atoms with Gasteiger partial charge in [0.1, 0.15) is 0 Å². The van der Waals surface area contributed by atoms with Crippen molar-refractivity contribution in [2.45, 2.75) is 19.3 Å². The Labute approximate surface area is 66.5 Å². The summed E-state index contributed by atoms with van der Waals surface area (Å²) in [7, 11) is 0. The molecule has 0 saturated carbocycles. The fourth-order valence-corrected chi connectivity index (χ4v) is 0.724. The molecule has 0 spiro atoms. The van der Waals surface area contributed by atoms with E-state index in [9.17, 15) is 0 Å². The summed E-state index contributed by atoms with van der Waals surface area (Å²) in [4.78, 5) is 4.07. The Morgan fingerprint density at radius 1 is 1.64 bits per heavy atom. The van der Waals surface area contributed by atoms with Crippen LogP contribution in [-0.2, 0) is 5.41 Å². The highest BCUT2D eigenvalue weighted by molar-refractivity contribution is 5.21. The lowest BCUT2D eigenvalue weighted by atomic mass is 9.91. The monoisotopic (exact) mass is 145 g/mol. The standard InChI is InChI=1S/C9H9N2/c1-9(2,7-10)8-5-3-4-6-11-8/h4-6H,1-2H3. The van der Waals surface area contributed by atoms with Crippen LogP contribution in [0.4, 0.5) is 0 Å². The van der Waals surface area contributed by atoms with E-state index in [-0.39, 0.29) is 0 Å². The Balaban J connectivity index is 3.05. The molecule has 55 valence electrons. The largest absolute Gasteiger partial charge is 0.260 e. The Kier molecular flexibility index (Phi) is 1.91. The fraction of sp³-hybridized carbons (Fsp3) is 0.333. The molecule has 0 amide bonds. The van der Waals surface area contributed by atoms with E-state index < -0.39 is 5.41 Å². The normalized spacial score (nSPS) is 10.6. The van der Waals surface area contributed by atoms with Gasteiger partial charge in [-0.3, -0.25) is 4.98 Å². The van der Waals surface area contributed by atoms with Crippen LogP contribution in [0.1, 0.15) is 19.5 Å². The molecule has 1 rings (SSSR count). The average molecular weight is 145 g/mol. The van der Waals surface area contributed by atoms with Crippen molar-refractivity contribution in [2.75, 3.05) is 0 Å². The van der Waals surface area contributed by atoms with E-state index in [0.717, 1.165) is 5.69 Å². The zero-order chi connectivity index (χ0) is 8.32. The Morgan fingerprint density at radius 3 is 2.82 bits per heavy atom. The maximum Gasteiger partial charge on any atom is 0.0937 e. The maximum absolute atomic E-state index is 8.74. The van der Waals surface area contributed by atoms with Crippen LogP contribution in [0.25, 0.3) is 0 Å². The predicted octanol–water partition coefficient (Wildman–Crippen LogP) is 1.68. The smallest absolute Gasteiger partial charge is 0.0937 e. The molecule has 1 aromatic heterocycles. The van der Waals surface area contributed by atoms with Gasteiger partial charge in [-0.25, -0.2) is 0 Å². The Bertz CT molecular complexity index is 269. The molecule has 0 aliphatic carbocycles. The van der Waals surface area contributed by atoms with Gasteiger partial charge >= 0.3 is 0 Å². The molecule has 11 heavy (non-hydrogen) atoms. The maximum atomic E-state index is 8.74. The van der Waals surface area contributed by atoms with Crippen molar-refractivity contribution in [3.63, 3.8) is 0 Å². The second-order valence-electron chi connectivity index (χ2n) is 2.88. The number of nitriles is 1. The minimum absolute atomic E-state index is 0.502. The average Bonchev–Trinajstić information content (AvgIpc) is 2.06. The molecule has 1 aromatic rings. The highest BCUT2D eigenvalue weighted by Crippen LogP contribution is 2.18. The number of aromatic nitrogens is 1. The molecular weight excluding hydrogens is 136 g/mol. The Hall–Kier alpha value is -1.36. The second kappa shape index (κ2) is 2.71. The number of hydrogen-bond acceptors (Lipinski definition) is 2. The van der Waals surface area contributed by atoms with Gasteiger partial charge in [-0.15, -0.1) is 0 Å². The molecule has 0 unspecified atom stereocenters. The summed E-state index contributed by atoms with van der Waals surface area (Å²) in [5.41, 5.74) is 0.264. The van der Waals surface area contributed by atoms with Crippen molar-refractivity contribution in [3.8, 4) is 6.07 Å². The van der Waals surface area contributed by atoms with Gasteiger partial charge in [0, 0.05) is 6.20 Å². The molecule has 2 heteroatoms. The van der Waals surface area contributed by atoms with Gasteiger partial charge in [0.2, 0.25) is 0 Å². The van der Waals surface area contributed by atoms with Crippen molar-refractivity contribution in [1.29, 1.82) is 5.26 Å². The molecule has 0 atom stereocenters. The summed E-state index contributed by atoms with van der Waals surface area (Å²) in [6.45, 7) is 3.67. The van der Waals surface area contributed by atoms with E-state index in [1.165, 1.54) is 0 Å². The van der Waals surface area contributed by atoms with Crippen LogP contribution < -0.4 is 0 Å². The fourth-order valence-electron chi connectivity index (χ4n) is 0.724. The van der Waals surface area contributed by atoms with Gasteiger partial charge in [-0.05, 0) is 32.0 Å². The number of nitrogens with zero attached hydrogens (tertiary/aromatic N) is 2. The molecule has 0 aliphatic heterocycles. The number of hydrogen-bond donors (Lipinski definition) is 0. The third-order valence-corrected chi connectivity index (χ3v) is 1.52. The van der Waals surface area contributed by atoms with E-state index in [4.69, 9.17) is 5.26 Å². The molecule has 0 bridgehead atoms. The molecule has 0 fully saturated rings. The van der Waals surface area contributed by atoms with E-state index in [1.807, 2.05) is 13.8 Å². The van der Waals surface area contributed by atoms with Crippen LogP contribution in [0.3, 0.4) is 0 Å². The zero-order valence-electron chi connectivity index (χ0n) is 6.63. The number of pyridine rings is 1. The van der Waals surface area contributed by atoms with Crippen LogP contribution >= 0.6 is 0 Å². The van der Waals surface area contributed by atoms with Crippen molar-refractivity contribution >= 4 is 0 Å². The lowest BCUT2D eigenvalue weighted by Crippen LogP contribution is -2.15. The SMILES string of the molecule is CC(C)(C#N)c1c[c]ccn1. The van der Waals surface area contributed by atoms with E-state index in [2.05, 4.69) is 17.1 Å². The third-order valence-electron chi connectivity index (χ3n) is 1.52. The molecule has 0 saturated heterocycles. The summed E-state index contributed by atoms with van der Waals surface area (Å²) in [5, 5.41) is 8.74. The molecule has 1 heterocycles. The quantitative estimate of drug-likeness (QED) is 0.602. The van der Waals surface area contributed by atoms with Crippen LogP contribution in [0, 0.1) is 17.4 Å². The lowest BCUT2D eigenvalue weighted by molar-refractivity contribution is 0.659. The molecule has 0 aromatic carbocycles. The van der Waals surface area contributed by atoms with Gasteiger partial charge in [-0.1, -0.05) is 0 Å². The Morgan fingerprint density at radius 2 is 2.36 bits per heavy atom. The summed E-state index contributed by atoms with van der Waals surface area (Å²) in [6.07, 6.45) is 1.65. The lowest BCUT2D eigenvalue weighted by Gasteiger charge is -2.12. The van der Waals surface area contributed by atoms with Crippen molar-refractivity contribution < 1.29 is 0 Å². The second-order valence-corrected chi connectivity index (χ2v) is 2.88. The van der Waals surface area contributed by atoms with Crippen LogP contribution in [-0.4, -0.2) is 4.98 Å². The molecule has 1 radical (unpaired) electrons. The van der Waals surface area contributed by atoms with E-state index in [0.29, 0.717) is 0 Å². The topological polar surface area (TPSA) is 36.7 Å². The van der Waals surface area contributed by atoms with Gasteiger partial charge in [0.15, 0.2) is 0 Å². The van der Waals surface area contributed by atoms with Gasteiger partial charge < -0.3 is 0 Å². The van der Waals surface area contributed by atoms with Crippen LogP contribution in [0.5, 0.6) is 0 Å². The zero-order valence-corrected chi connectivity index (χ0v) is 6.63. The van der Waals surface area contributed by atoms with Gasteiger partial charge in [0.25, 0.3) is 0 Å². The van der Waals surface area contributed by atoms with Crippen LogP contribution in [0.15, 0.2) is 18.3 Å². The number of rotatable bonds is 1. The van der Waals surface area contributed by atoms with Crippen LogP contribution in [0.2, 0.25) is 0 Å². The molecular formula is C9H9N2. The predicted molar refractivity (Wildman–Crippen MR) is 41.7 cm³/mol. The minimum atomic E-state index is -0.502. The van der Waals surface area contributed by atoms with E-state index in [1.54, 1.807) is 18.3 Å². The van der Waals surface area contributed by atoms with Crippen molar-refractivity contribution in [2.24, 2.45) is 0 Å².